The van der Waals surface area contributed by atoms with Gasteiger partial charge in [0.15, 0.2) is 0 Å². The number of hydrogen-bond acceptors (Lipinski definition) is 5. The summed E-state index contributed by atoms with van der Waals surface area (Å²) >= 11 is 0. The minimum Gasteiger partial charge on any atom is -0.462 e. The molecule has 5 rings (SSSR count). The molecule has 0 aliphatic heterocycles. The average Bonchev–Trinajstić information content (AvgIpc) is 3.05. The van der Waals surface area contributed by atoms with Crippen molar-refractivity contribution in [3.63, 3.8) is 0 Å². The summed E-state index contributed by atoms with van der Waals surface area (Å²) in [6, 6.07) is 34.1. The highest BCUT2D eigenvalue weighted by molar-refractivity contribution is 7.90. The summed E-state index contributed by atoms with van der Waals surface area (Å²) in [4.78, 5) is 13.4. The highest BCUT2D eigenvalue weighted by Gasteiger charge is 2.34. The van der Waals surface area contributed by atoms with E-state index in [0.29, 0.717) is 16.7 Å². The first-order chi connectivity index (χ1) is 21.3. The number of aryl methyl sites for hydroxylation is 1. The molecule has 0 amide bonds. The minimum absolute atomic E-state index is 0.0175. The van der Waals surface area contributed by atoms with Crippen LogP contribution in [0.5, 0.6) is 0 Å². The molecule has 0 saturated heterocycles. The largest absolute Gasteiger partial charge is 0.462 e. The molecule has 1 N–H and O–H groups in total. The van der Waals surface area contributed by atoms with Gasteiger partial charge in [-0.3, -0.25) is 5.41 Å². The number of aromatic nitrogens is 1. The molecule has 4 aromatic carbocycles. The monoisotopic (exact) mass is 600 g/mol. The molecule has 5 aromatic rings. The van der Waals surface area contributed by atoms with Gasteiger partial charge in [-0.05, 0) is 54.4 Å². The lowest BCUT2D eigenvalue weighted by Gasteiger charge is -2.16. The second-order valence-electron chi connectivity index (χ2n) is 9.89. The van der Waals surface area contributed by atoms with Crippen LogP contribution in [0.15, 0.2) is 143 Å². The maximum absolute atomic E-state index is 14.0. The average molecular weight is 601 g/mol. The van der Waals surface area contributed by atoms with E-state index >= 15 is 0 Å². The minimum atomic E-state index is -4.27. The Morgan fingerprint density at radius 3 is 1.95 bits per heavy atom. The molecule has 0 fully saturated rings. The summed E-state index contributed by atoms with van der Waals surface area (Å²) in [6.07, 6.45) is 3.53. The van der Waals surface area contributed by atoms with Crippen molar-refractivity contribution in [1.82, 2.24) is 0 Å². The van der Waals surface area contributed by atoms with E-state index in [0.717, 1.165) is 16.3 Å². The number of carbonyl (C=O) groups excluding carboxylic acids is 1. The molecule has 0 radical (unpaired) electrons. The third-order valence-corrected chi connectivity index (χ3v) is 8.19. The summed E-state index contributed by atoms with van der Waals surface area (Å²) in [7, 11) is -4.27. The van der Waals surface area contributed by atoms with Gasteiger partial charge in [0.2, 0.25) is 0 Å². The van der Waals surface area contributed by atoms with Gasteiger partial charge in [-0.25, -0.2) is 9.36 Å². The van der Waals surface area contributed by atoms with Crippen molar-refractivity contribution < 1.29 is 22.5 Å². The van der Waals surface area contributed by atoms with Crippen molar-refractivity contribution in [2.24, 2.45) is 4.40 Å². The van der Waals surface area contributed by atoms with Crippen LogP contribution in [0.2, 0.25) is 0 Å². The lowest BCUT2D eigenvalue weighted by Crippen LogP contribution is -2.44. The van der Waals surface area contributed by atoms with Crippen molar-refractivity contribution in [3.05, 3.63) is 150 Å². The summed E-state index contributed by atoms with van der Waals surface area (Å²) in [5, 5.41) is 10.00. The first kappa shape index (κ1) is 30.0. The number of carbonyl (C=O) groups is 1. The molecule has 0 unspecified atom stereocenters. The topological polar surface area (TPSA) is 101 Å². The van der Waals surface area contributed by atoms with Crippen LogP contribution in [-0.2, 0) is 19.6 Å². The number of ether oxygens (including phenoxy) is 1. The van der Waals surface area contributed by atoms with E-state index in [9.17, 15) is 13.2 Å². The number of nitrogens with one attached hydrogen (secondary N) is 1. The molecule has 0 aliphatic rings. The van der Waals surface area contributed by atoms with Gasteiger partial charge in [-0.15, -0.1) is 0 Å². The van der Waals surface area contributed by atoms with Crippen LogP contribution in [0, 0.1) is 12.3 Å². The van der Waals surface area contributed by atoms with Crippen molar-refractivity contribution in [1.29, 1.82) is 5.41 Å². The van der Waals surface area contributed by atoms with Gasteiger partial charge in [0, 0.05) is 11.0 Å². The Bertz CT molecular complexity index is 2050. The number of pyridine rings is 1. The number of sulfonamides is 1. The third kappa shape index (κ3) is 6.47. The van der Waals surface area contributed by atoms with Crippen LogP contribution in [0.4, 0.5) is 0 Å². The summed E-state index contributed by atoms with van der Waals surface area (Å²) < 4.78 is 39.4. The van der Waals surface area contributed by atoms with Gasteiger partial charge in [-0.1, -0.05) is 103 Å². The van der Waals surface area contributed by atoms with Crippen molar-refractivity contribution in [2.45, 2.75) is 18.7 Å². The standard InChI is InChI=1S/C36H30N3O4S/c1-3-43-36(40)32(24-37)33(28-13-6-4-7-14-28)34(29-15-8-5-9-16-29)35(38-44(41,42)31-20-18-26(2)19-21-31)39-23-22-27-12-10-11-17-30(27)25-39/h4-23,25,37H,3H2,1-2H3/q+1/b34-33-,38-35?. The number of esters is 1. The molecule has 1 aromatic heterocycles. The Morgan fingerprint density at radius 1 is 0.795 bits per heavy atom. The molecule has 7 nitrogen and oxygen atoms in total. The normalized spacial score (nSPS) is 12.3. The molecule has 0 saturated carbocycles. The molecule has 0 spiro atoms. The van der Waals surface area contributed by atoms with Crippen LogP contribution < -0.4 is 4.57 Å². The van der Waals surface area contributed by atoms with E-state index in [-0.39, 0.29) is 28.5 Å². The predicted molar refractivity (Wildman–Crippen MR) is 173 cm³/mol. The van der Waals surface area contributed by atoms with E-state index in [4.69, 9.17) is 10.1 Å². The zero-order valence-electron chi connectivity index (χ0n) is 24.3. The van der Waals surface area contributed by atoms with Crippen LogP contribution in [0.25, 0.3) is 21.9 Å². The Kier molecular flexibility index (Phi) is 9.05. The molecular formula is C36H30N3O4S+. The number of rotatable bonds is 8. The maximum atomic E-state index is 14.0. The van der Waals surface area contributed by atoms with E-state index in [1.807, 2.05) is 61.5 Å². The van der Waals surface area contributed by atoms with Crippen molar-refractivity contribution >= 4 is 49.6 Å². The van der Waals surface area contributed by atoms with Crippen LogP contribution in [-0.4, -0.2) is 32.7 Å². The van der Waals surface area contributed by atoms with Gasteiger partial charge >= 0.3 is 21.8 Å². The van der Waals surface area contributed by atoms with Crippen LogP contribution >= 0.6 is 0 Å². The fourth-order valence-electron chi connectivity index (χ4n) is 4.79. The van der Waals surface area contributed by atoms with Crippen LogP contribution in [0.1, 0.15) is 23.6 Å². The van der Waals surface area contributed by atoms with Crippen LogP contribution in [0.3, 0.4) is 0 Å². The Labute approximate surface area is 256 Å². The molecule has 0 atom stereocenters. The fraction of sp³-hybridized carbons (Fsp3) is 0.0833. The second-order valence-corrected chi connectivity index (χ2v) is 11.5. The molecule has 0 bridgehead atoms. The van der Waals surface area contributed by atoms with Gasteiger partial charge in [0.1, 0.15) is 16.7 Å². The quantitative estimate of drug-likeness (QED) is 0.0423. The molecule has 44 heavy (non-hydrogen) atoms. The number of benzene rings is 4. The second kappa shape index (κ2) is 13.3. The smallest absolute Gasteiger partial charge is 0.370 e. The molecule has 218 valence electrons. The summed E-state index contributed by atoms with van der Waals surface area (Å²) in [6.45, 7) is 3.63. The van der Waals surface area contributed by atoms with Gasteiger partial charge in [0.05, 0.1) is 22.8 Å². The Balaban J connectivity index is 1.96. The zero-order chi connectivity index (χ0) is 31.1. The summed E-state index contributed by atoms with van der Waals surface area (Å²) in [5.41, 5.74) is 2.42. The van der Waals surface area contributed by atoms with Crippen molar-refractivity contribution in [2.75, 3.05) is 6.61 Å². The number of nitrogens with zero attached hydrogens (tertiary/aromatic N) is 2. The van der Waals surface area contributed by atoms with Gasteiger partial charge in [-0.2, -0.15) is 8.42 Å². The van der Waals surface area contributed by atoms with E-state index in [2.05, 4.69) is 10.3 Å². The Hall–Kier alpha value is -5.43. The SMILES string of the molecule is CCOC(=O)C(=C=N)/C(=C(\C(=NS(=O)(=O)c1ccc(C)cc1)[n+]1ccc2ccccc2c1)c1ccccc1)c1ccccc1. The lowest BCUT2D eigenvalue weighted by molar-refractivity contribution is -0.551. The first-order valence-corrected chi connectivity index (χ1v) is 15.4. The highest BCUT2D eigenvalue weighted by atomic mass is 32.2. The van der Waals surface area contributed by atoms with E-state index < -0.39 is 16.0 Å². The van der Waals surface area contributed by atoms with E-state index in [1.54, 1.807) is 72.4 Å². The van der Waals surface area contributed by atoms with Gasteiger partial charge in [0.25, 0.3) is 0 Å². The highest BCUT2D eigenvalue weighted by Crippen LogP contribution is 2.33. The molecule has 1 heterocycles. The van der Waals surface area contributed by atoms with Gasteiger partial charge < -0.3 is 4.74 Å². The van der Waals surface area contributed by atoms with Crippen molar-refractivity contribution in [3.8, 4) is 0 Å². The Morgan fingerprint density at radius 2 is 1.36 bits per heavy atom. The molecular weight excluding hydrogens is 570 g/mol. The van der Waals surface area contributed by atoms with E-state index in [1.165, 1.54) is 12.1 Å². The predicted octanol–water partition coefficient (Wildman–Crippen LogP) is 6.42. The number of allylic oxidation sites excluding steroid dienone is 1. The molecule has 0 aliphatic carbocycles. The third-order valence-electron chi connectivity index (χ3n) is 6.91. The first-order valence-electron chi connectivity index (χ1n) is 14.0. The number of hydrogen-bond donors (Lipinski definition) is 1. The maximum Gasteiger partial charge on any atom is 0.370 e. The summed E-state index contributed by atoms with van der Waals surface area (Å²) in [5.74, 6) is 1.55. The fourth-order valence-corrected chi connectivity index (χ4v) is 5.79. The number of fused-ring (bicyclic) bond motifs is 1. The molecule has 8 heteroatoms. The lowest BCUT2D eigenvalue weighted by atomic mass is 9.88. The zero-order valence-corrected chi connectivity index (χ0v) is 25.1.